The zero-order valence-electron chi connectivity index (χ0n) is 16.2. The van der Waals surface area contributed by atoms with Gasteiger partial charge in [-0.1, -0.05) is 29.8 Å². The van der Waals surface area contributed by atoms with Crippen LogP contribution in [-0.2, 0) is 6.54 Å². The first kappa shape index (κ1) is 19.7. The van der Waals surface area contributed by atoms with Crippen LogP contribution in [0, 0.1) is 0 Å². The van der Waals surface area contributed by atoms with E-state index < -0.39 is 0 Å². The van der Waals surface area contributed by atoms with Crippen LogP contribution in [-0.4, -0.2) is 27.8 Å². The summed E-state index contributed by atoms with van der Waals surface area (Å²) in [6.45, 7) is 0.368. The molecule has 0 radical (unpaired) electrons. The normalized spacial score (nSPS) is 10.6. The molecule has 2 aromatic carbocycles. The number of ether oxygens (including phenoxy) is 1. The molecule has 0 aliphatic heterocycles. The summed E-state index contributed by atoms with van der Waals surface area (Å²) in [6, 6.07) is 20.2. The van der Waals surface area contributed by atoms with Crippen LogP contribution >= 0.6 is 11.6 Å². The fourth-order valence-corrected chi connectivity index (χ4v) is 3.15. The maximum atomic E-state index is 13.0. The summed E-state index contributed by atoms with van der Waals surface area (Å²) in [7, 11) is 1.61. The summed E-state index contributed by atoms with van der Waals surface area (Å²) in [4.78, 5) is 17.1. The standard InChI is InChI=1S/C23H19ClN4O2/c1-30-20-6-2-5-17(12-20)21-13-22(23(29)26-15-16-4-3-11-25-14-16)28(27-21)19-9-7-18(24)8-10-19/h2-14H,15H2,1H3,(H,26,29). The first-order valence-corrected chi connectivity index (χ1v) is 9.69. The minimum atomic E-state index is -0.240. The topological polar surface area (TPSA) is 69.0 Å². The quantitative estimate of drug-likeness (QED) is 0.499. The van der Waals surface area contributed by atoms with E-state index >= 15 is 0 Å². The minimum Gasteiger partial charge on any atom is -0.497 e. The number of amides is 1. The summed E-state index contributed by atoms with van der Waals surface area (Å²) in [5.74, 6) is 0.478. The Morgan fingerprint density at radius 1 is 1.10 bits per heavy atom. The monoisotopic (exact) mass is 418 g/mol. The smallest absolute Gasteiger partial charge is 0.270 e. The second-order valence-electron chi connectivity index (χ2n) is 6.58. The number of pyridine rings is 1. The zero-order chi connectivity index (χ0) is 20.9. The highest BCUT2D eigenvalue weighted by molar-refractivity contribution is 6.30. The molecule has 0 unspecified atom stereocenters. The summed E-state index contributed by atoms with van der Waals surface area (Å²) >= 11 is 6.02. The van der Waals surface area contributed by atoms with E-state index in [1.807, 2.05) is 48.5 Å². The number of hydrogen-bond donors (Lipinski definition) is 1. The lowest BCUT2D eigenvalue weighted by atomic mass is 10.1. The number of methoxy groups -OCH3 is 1. The number of hydrogen-bond acceptors (Lipinski definition) is 4. The maximum Gasteiger partial charge on any atom is 0.270 e. The molecule has 1 N–H and O–H groups in total. The Bertz CT molecular complexity index is 1160. The van der Waals surface area contributed by atoms with Crippen LogP contribution in [0.2, 0.25) is 5.02 Å². The van der Waals surface area contributed by atoms with E-state index in [4.69, 9.17) is 16.3 Å². The van der Waals surface area contributed by atoms with Gasteiger partial charge in [0.05, 0.1) is 18.5 Å². The Morgan fingerprint density at radius 2 is 1.93 bits per heavy atom. The van der Waals surface area contributed by atoms with Gasteiger partial charge in [0.2, 0.25) is 0 Å². The molecule has 4 aromatic rings. The van der Waals surface area contributed by atoms with E-state index in [2.05, 4.69) is 15.4 Å². The van der Waals surface area contributed by atoms with Crippen molar-refractivity contribution in [2.75, 3.05) is 7.11 Å². The molecular weight excluding hydrogens is 400 g/mol. The van der Waals surface area contributed by atoms with Gasteiger partial charge in [-0.15, -0.1) is 0 Å². The lowest BCUT2D eigenvalue weighted by Crippen LogP contribution is -2.25. The molecule has 0 aliphatic carbocycles. The number of halogens is 1. The largest absolute Gasteiger partial charge is 0.497 e. The second-order valence-corrected chi connectivity index (χ2v) is 7.02. The highest BCUT2D eigenvalue weighted by Gasteiger charge is 2.18. The predicted octanol–water partition coefficient (Wildman–Crippen LogP) is 4.53. The van der Waals surface area contributed by atoms with Gasteiger partial charge in [0.15, 0.2) is 0 Å². The minimum absolute atomic E-state index is 0.240. The van der Waals surface area contributed by atoms with Gasteiger partial charge in [-0.25, -0.2) is 4.68 Å². The lowest BCUT2D eigenvalue weighted by Gasteiger charge is -2.08. The van der Waals surface area contributed by atoms with E-state index in [-0.39, 0.29) is 5.91 Å². The first-order valence-electron chi connectivity index (χ1n) is 9.31. The van der Waals surface area contributed by atoms with Gasteiger partial charge >= 0.3 is 0 Å². The average Bonchev–Trinajstić information content (AvgIpc) is 3.24. The van der Waals surface area contributed by atoms with E-state index in [0.29, 0.717) is 23.0 Å². The summed E-state index contributed by atoms with van der Waals surface area (Å²) in [5, 5.41) is 8.22. The highest BCUT2D eigenvalue weighted by atomic mass is 35.5. The summed E-state index contributed by atoms with van der Waals surface area (Å²) in [5.41, 5.74) is 3.58. The van der Waals surface area contributed by atoms with Crippen LogP contribution in [0.1, 0.15) is 16.1 Å². The molecule has 0 atom stereocenters. The van der Waals surface area contributed by atoms with Crippen molar-refractivity contribution in [1.29, 1.82) is 0 Å². The number of nitrogens with zero attached hydrogens (tertiary/aromatic N) is 3. The molecule has 150 valence electrons. The van der Waals surface area contributed by atoms with Crippen LogP contribution < -0.4 is 10.1 Å². The van der Waals surface area contributed by atoms with Crippen LogP contribution in [0.15, 0.2) is 79.1 Å². The van der Waals surface area contributed by atoms with Gasteiger partial charge in [-0.2, -0.15) is 5.10 Å². The van der Waals surface area contributed by atoms with Gasteiger partial charge in [0.25, 0.3) is 5.91 Å². The fourth-order valence-electron chi connectivity index (χ4n) is 3.02. The summed E-state index contributed by atoms with van der Waals surface area (Å²) < 4.78 is 6.93. The predicted molar refractivity (Wildman–Crippen MR) is 116 cm³/mol. The van der Waals surface area contributed by atoms with Gasteiger partial charge in [0.1, 0.15) is 11.4 Å². The van der Waals surface area contributed by atoms with E-state index in [1.165, 1.54) is 0 Å². The number of benzene rings is 2. The van der Waals surface area contributed by atoms with Gasteiger partial charge in [-0.05, 0) is 54.1 Å². The molecule has 2 aromatic heterocycles. The Hall–Kier alpha value is -3.64. The van der Waals surface area contributed by atoms with Gasteiger partial charge in [-0.3, -0.25) is 9.78 Å². The summed E-state index contributed by atoms with van der Waals surface area (Å²) in [6.07, 6.45) is 3.42. The van der Waals surface area contributed by atoms with Crippen molar-refractivity contribution in [2.45, 2.75) is 6.54 Å². The first-order chi connectivity index (χ1) is 14.6. The number of rotatable bonds is 6. The molecule has 0 saturated heterocycles. The van der Waals surface area contributed by atoms with Crippen molar-refractivity contribution in [3.05, 3.63) is 95.4 Å². The third-order valence-corrected chi connectivity index (χ3v) is 4.81. The SMILES string of the molecule is COc1cccc(-c2cc(C(=O)NCc3cccnc3)n(-c3ccc(Cl)cc3)n2)c1. The molecule has 7 heteroatoms. The van der Waals surface area contributed by atoms with Crippen LogP contribution in [0.3, 0.4) is 0 Å². The molecule has 0 bridgehead atoms. The molecule has 1 amide bonds. The third kappa shape index (κ3) is 4.34. The molecule has 6 nitrogen and oxygen atoms in total. The van der Waals surface area contributed by atoms with Gasteiger partial charge < -0.3 is 10.1 Å². The van der Waals surface area contributed by atoms with Crippen molar-refractivity contribution >= 4 is 17.5 Å². The van der Waals surface area contributed by atoms with Gasteiger partial charge in [0, 0.05) is 29.5 Å². The molecule has 0 spiro atoms. The fraction of sp³-hybridized carbons (Fsp3) is 0.0870. The van der Waals surface area contributed by atoms with E-state index in [1.54, 1.807) is 42.4 Å². The van der Waals surface area contributed by atoms with E-state index in [0.717, 1.165) is 22.6 Å². The zero-order valence-corrected chi connectivity index (χ0v) is 17.0. The lowest BCUT2D eigenvalue weighted by molar-refractivity contribution is 0.0943. The van der Waals surface area contributed by atoms with E-state index in [9.17, 15) is 4.79 Å². The third-order valence-electron chi connectivity index (χ3n) is 4.55. The number of carbonyl (C=O) groups excluding carboxylic acids is 1. The number of nitrogens with one attached hydrogen (secondary N) is 1. The van der Waals surface area contributed by atoms with Crippen LogP contribution in [0.4, 0.5) is 0 Å². The Balaban J connectivity index is 1.70. The van der Waals surface area contributed by atoms with Crippen molar-refractivity contribution < 1.29 is 9.53 Å². The molecule has 2 heterocycles. The van der Waals surface area contributed by atoms with Crippen molar-refractivity contribution in [3.8, 4) is 22.7 Å². The maximum absolute atomic E-state index is 13.0. The molecule has 30 heavy (non-hydrogen) atoms. The second kappa shape index (κ2) is 8.80. The molecule has 4 rings (SSSR count). The average molecular weight is 419 g/mol. The highest BCUT2D eigenvalue weighted by Crippen LogP contribution is 2.25. The molecule has 0 saturated carbocycles. The number of carbonyl (C=O) groups is 1. The Morgan fingerprint density at radius 3 is 2.67 bits per heavy atom. The van der Waals surface area contributed by atoms with Crippen molar-refractivity contribution in [2.24, 2.45) is 0 Å². The molecular formula is C23H19ClN4O2. The van der Waals surface area contributed by atoms with Crippen molar-refractivity contribution in [3.63, 3.8) is 0 Å². The Labute approximate surface area is 179 Å². The van der Waals surface area contributed by atoms with Crippen molar-refractivity contribution in [1.82, 2.24) is 20.1 Å². The molecule has 0 aliphatic rings. The molecule has 0 fully saturated rings. The Kier molecular flexibility index (Phi) is 5.77. The van der Waals surface area contributed by atoms with Crippen LogP contribution in [0.5, 0.6) is 5.75 Å². The van der Waals surface area contributed by atoms with Crippen LogP contribution in [0.25, 0.3) is 16.9 Å². The number of aromatic nitrogens is 3.